The lowest BCUT2D eigenvalue weighted by molar-refractivity contribution is 0.128. The van der Waals surface area contributed by atoms with Gasteiger partial charge in [-0.05, 0) is 58.7 Å². The van der Waals surface area contributed by atoms with Crippen molar-refractivity contribution in [2.45, 2.75) is 33.2 Å². The van der Waals surface area contributed by atoms with E-state index >= 15 is 0 Å². The third kappa shape index (κ3) is 3.05. The average molecular weight is 288 g/mol. The Morgan fingerprint density at radius 2 is 2.07 bits per heavy atom. The molecule has 0 aromatic carbocycles. The second-order valence-corrected chi connectivity index (χ2v) is 6.99. The Bertz CT molecular complexity index is 322. The largest absolute Gasteiger partial charge is 0.298 e. The van der Waals surface area contributed by atoms with E-state index in [1.54, 1.807) is 0 Å². The number of hydrogen-bond acceptors (Lipinski definition) is 2. The van der Waals surface area contributed by atoms with Gasteiger partial charge < -0.3 is 0 Å². The number of halogens is 1. The van der Waals surface area contributed by atoms with Crippen LogP contribution in [0.1, 0.15) is 31.6 Å². The van der Waals surface area contributed by atoms with Crippen LogP contribution in [0, 0.1) is 5.41 Å². The van der Waals surface area contributed by atoms with Crippen LogP contribution < -0.4 is 0 Å². The molecule has 0 saturated carbocycles. The first kappa shape index (κ1) is 11.6. The van der Waals surface area contributed by atoms with E-state index in [1.165, 1.54) is 35.3 Å². The molecule has 1 aromatic heterocycles. The van der Waals surface area contributed by atoms with Gasteiger partial charge in [0.2, 0.25) is 0 Å². The van der Waals surface area contributed by atoms with Gasteiger partial charge in [-0.15, -0.1) is 11.3 Å². The Balaban J connectivity index is 1.90. The van der Waals surface area contributed by atoms with Gasteiger partial charge in [0.15, 0.2) is 0 Å². The molecule has 1 saturated heterocycles. The molecular weight excluding hydrogens is 270 g/mol. The van der Waals surface area contributed by atoms with Crippen LogP contribution in [0.5, 0.6) is 0 Å². The minimum absolute atomic E-state index is 0.559. The molecule has 84 valence electrons. The maximum Gasteiger partial charge on any atom is 0.0339 e. The monoisotopic (exact) mass is 287 g/mol. The first-order chi connectivity index (χ1) is 7.07. The summed E-state index contributed by atoms with van der Waals surface area (Å²) in [7, 11) is 0. The maximum absolute atomic E-state index is 3.60. The summed E-state index contributed by atoms with van der Waals surface area (Å²) in [6.07, 6.45) is 2.66. The molecule has 0 bridgehead atoms. The van der Waals surface area contributed by atoms with E-state index in [-0.39, 0.29) is 0 Å². The van der Waals surface area contributed by atoms with Crippen molar-refractivity contribution >= 4 is 27.3 Å². The number of hydrogen-bond donors (Lipinski definition) is 0. The Morgan fingerprint density at radius 1 is 1.40 bits per heavy atom. The molecule has 1 aromatic rings. The Kier molecular flexibility index (Phi) is 3.53. The zero-order chi connectivity index (χ0) is 10.9. The normalized spacial score (nSPS) is 21.8. The highest BCUT2D eigenvalue weighted by molar-refractivity contribution is 9.10. The van der Waals surface area contributed by atoms with Crippen LogP contribution in [0.3, 0.4) is 0 Å². The lowest BCUT2D eigenvalue weighted by Crippen LogP contribution is -2.36. The van der Waals surface area contributed by atoms with Gasteiger partial charge in [-0.3, -0.25) is 4.90 Å². The van der Waals surface area contributed by atoms with Crippen molar-refractivity contribution in [1.29, 1.82) is 0 Å². The fourth-order valence-electron chi connectivity index (χ4n) is 1.96. The van der Waals surface area contributed by atoms with Gasteiger partial charge in [-0.1, -0.05) is 13.8 Å². The highest BCUT2D eigenvalue weighted by atomic mass is 79.9. The molecular formula is C12H18BrNS. The molecule has 3 heteroatoms. The van der Waals surface area contributed by atoms with Crippen molar-refractivity contribution in [2.24, 2.45) is 5.41 Å². The molecule has 1 aliphatic heterocycles. The summed E-state index contributed by atoms with van der Waals surface area (Å²) in [4.78, 5) is 4.04. The second-order valence-electron chi connectivity index (χ2n) is 5.13. The van der Waals surface area contributed by atoms with Gasteiger partial charge >= 0.3 is 0 Å². The minimum atomic E-state index is 0.559. The van der Waals surface area contributed by atoms with Crippen LogP contribution in [-0.4, -0.2) is 18.0 Å². The van der Waals surface area contributed by atoms with Gasteiger partial charge in [0.1, 0.15) is 0 Å². The summed E-state index contributed by atoms with van der Waals surface area (Å²) in [5, 5.41) is 2.16. The predicted molar refractivity (Wildman–Crippen MR) is 70.3 cm³/mol. The quantitative estimate of drug-likeness (QED) is 0.791. The Hall–Kier alpha value is 0.140. The highest BCUT2D eigenvalue weighted by Crippen LogP contribution is 2.32. The molecule has 15 heavy (non-hydrogen) atoms. The van der Waals surface area contributed by atoms with E-state index in [1.807, 2.05) is 11.3 Å². The zero-order valence-electron chi connectivity index (χ0n) is 9.42. The number of thiophene rings is 1. The molecule has 0 spiro atoms. The molecule has 0 N–H and O–H groups in total. The van der Waals surface area contributed by atoms with Crippen LogP contribution in [0.15, 0.2) is 15.9 Å². The van der Waals surface area contributed by atoms with Crippen molar-refractivity contribution in [3.63, 3.8) is 0 Å². The van der Waals surface area contributed by atoms with Gasteiger partial charge in [-0.2, -0.15) is 0 Å². The summed E-state index contributed by atoms with van der Waals surface area (Å²) in [5.41, 5.74) is 0.559. The molecule has 0 unspecified atom stereocenters. The van der Waals surface area contributed by atoms with E-state index in [4.69, 9.17) is 0 Å². The molecule has 2 rings (SSSR count). The van der Waals surface area contributed by atoms with Crippen LogP contribution in [-0.2, 0) is 6.54 Å². The van der Waals surface area contributed by atoms with Gasteiger partial charge in [0, 0.05) is 15.9 Å². The minimum Gasteiger partial charge on any atom is -0.298 e. The first-order valence-corrected chi connectivity index (χ1v) is 7.18. The number of nitrogens with zero attached hydrogens (tertiary/aromatic N) is 1. The van der Waals surface area contributed by atoms with Gasteiger partial charge in [0.05, 0.1) is 0 Å². The zero-order valence-corrected chi connectivity index (χ0v) is 11.8. The fraction of sp³-hybridized carbons (Fsp3) is 0.667. The number of rotatable bonds is 2. The van der Waals surface area contributed by atoms with Gasteiger partial charge in [-0.25, -0.2) is 0 Å². The highest BCUT2D eigenvalue weighted by Gasteiger charge is 2.25. The SMILES string of the molecule is CC1(C)CCN(Cc2sccc2Br)CC1. The summed E-state index contributed by atoms with van der Waals surface area (Å²) < 4.78 is 1.28. The molecule has 1 fully saturated rings. The standard InChI is InChI=1S/C12H18BrNS/c1-12(2)4-6-14(7-5-12)9-11-10(13)3-8-15-11/h3,8H,4-7,9H2,1-2H3. The summed E-state index contributed by atoms with van der Waals surface area (Å²) in [6.45, 7) is 8.37. The van der Waals surface area contributed by atoms with Crippen LogP contribution in [0.25, 0.3) is 0 Å². The molecule has 1 nitrogen and oxygen atoms in total. The second kappa shape index (κ2) is 4.56. The predicted octanol–water partition coefficient (Wildman–Crippen LogP) is 4.13. The lowest BCUT2D eigenvalue weighted by Gasteiger charge is -2.36. The molecule has 0 atom stereocenters. The van der Waals surface area contributed by atoms with E-state index in [0.717, 1.165) is 6.54 Å². The number of likely N-dealkylation sites (tertiary alicyclic amines) is 1. The number of piperidine rings is 1. The maximum atomic E-state index is 3.60. The third-order valence-electron chi connectivity index (χ3n) is 3.27. The third-order valence-corrected chi connectivity index (χ3v) is 5.18. The van der Waals surface area contributed by atoms with Crippen molar-refractivity contribution in [1.82, 2.24) is 4.90 Å². The van der Waals surface area contributed by atoms with E-state index in [2.05, 4.69) is 46.1 Å². The van der Waals surface area contributed by atoms with E-state index in [0.29, 0.717) is 5.41 Å². The van der Waals surface area contributed by atoms with Crippen LogP contribution in [0.4, 0.5) is 0 Å². The lowest BCUT2D eigenvalue weighted by atomic mass is 9.83. The van der Waals surface area contributed by atoms with Crippen LogP contribution in [0.2, 0.25) is 0 Å². The topological polar surface area (TPSA) is 3.24 Å². The van der Waals surface area contributed by atoms with Crippen molar-refractivity contribution in [2.75, 3.05) is 13.1 Å². The molecule has 0 aliphatic carbocycles. The van der Waals surface area contributed by atoms with Crippen molar-refractivity contribution in [3.8, 4) is 0 Å². The first-order valence-electron chi connectivity index (χ1n) is 5.51. The fourth-order valence-corrected chi connectivity index (χ4v) is 3.48. The van der Waals surface area contributed by atoms with Crippen molar-refractivity contribution in [3.05, 3.63) is 20.8 Å². The van der Waals surface area contributed by atoms with E-state index < -0.39 is 0 Å². The van der Waals surface area contributed by atoms with E-state index in [9.17, 15) is 0 Å². The molecule has 2 heterocycles. The molecule has 0 amide bonds. The molecule has 1 aliphatic rings. The summed E-state index contributed by atoms with van der Waals surface area (Å²) in [6, 6.07) is 2.15. The summed E-state index contributed by atoms with van der Waals surface area (Å²) >= 11 is 5.45. The van der Waals surface area contributed by atoms with Crippen LogP contribution >= 0.6 is 27.3 Å². The summed E-state index contributed by atoms with van der Waals surface area (Å²) in [5.74, 6) is 0. The van der Waals surface area contributed by atoms with Gasteiger partial charge in [0.25, 0.3) is 0 Å². The average Bonchev–Trinajstić information content (AvgIpc) is 2.56. The van der Waals surface area contributed by atoms with Crippen molar-refractivity contribution < 1.29 is 0 Å². The Labute approximate surface area is 105 Å². The Morgan fingerprint density at radius 3 is 2.60 bits per heavy atom. The molecule has 0 radical (unpaired) electrons. The smallest absolute Gasteiger partial charge is 0.0339 e.